The summed E-state index contributed by atoms with van der Waals surface area (Å²) in [5.74, 6) is -0.0540. The van der Waals surface area contributed by atoms with Crippen LogP contribution in [0.3, 0.4) is 0 Å². The zero-order valence-electron chi connectivity index (χ0n) is 20.0. The molecule has 1 saturated carbocycles. The second kappa shape index (κ2) is 11.3. The predicted molar refractivity (Wildman–Crippen MR) is 133 cm³/mol. The Morgan fingerprint density at radius 2 is 1.76 bits per heavy atom. The molecule has 0 bridgehead atoms. The number of aromatic amines is 1. The Kier molecular flexibility index (Phi) is 8.49. The van der Waals surface area contributed by atoms with Crippen molar-refractivity contribution in [2.45, 2.75) is 65.0 Å². The monoisotopic (exact) mass is 455 g/mol. The lowest BCUT2D eigenvalue weighted by Gasteiger charge is -2.31. The van der Waals surface area contributed by atoms with Gasteiger partial charge in [0.15, 0.2) is 5.69 Å². The average Bonchev–Trinajstić information content (AvgIpc) is 3.06. The van der Waals surface area contributed by atoms with E-state index in [0.29, 0.717) is 12.6 Å². The molecule has 8 nitrogen and oxygen atoms in total. The number of H-pyrrole nitrogens is 1. The van der Waals surface area contributed by atoms with E-state index >= 15 is 0 Å². The zero-order chi connectivity index (χ0) is 24.0. The molecule has 1 aromatic carbocycles. The molecule has 3 rings (SSSR count). The first-order chi connectivity index (χ1) is 15.8. The third-order valence-corrected chi connectivity index (χ3v) is 6.35. The Bertz CT molecular complexity index is 1040. The summed E-state index contributed by atoms with van der Waals surface area (Å²) in [4.78, 5) is 44.8. The summed E-state index contributed by atoms with van der Waals surface area (Å²) in [6.07, 6.45) is 7.00. The largest absolute Gasteiger partial charge is 0.383 e. The number of aromatic nitrogens is 2. The number of carbonyl (C=O) groups is 1. The van der Waals surface area contributed by atoms with Crippen LogP contribution in [0, 0.1) is 5.92 Å². The van der Waals surface area contributed by atoms with E-state index in [4.69, 9.17) is 5.73 Å². The number of amides is 1. The minimum Gasteiger partial charge on any atom is -0.383 e. The van der Waals surface area contributed by atoms with Crippen molar-refractivity contribution in [3.63, 3.8) is 0 Å². The second-order valence-corrected chi connectivity index (χ2v) is 9.52. The molecular weight excluding hydrogens is 418 g/mol. The second-order valence-electron chi connectivity index (χ2n) is 9.52. The zero-order valence-corrected chi connectivity index (χ0v) is 20.0. The first-order valence-electron chi connectivity index (χ1n) is 11.9. The number of benzene rings is 1. The third-order valence-electron chi connectivity index (χ3n) is 6.35. The third kappa shape index (κ3) is 6.35. The minimum absolute atomic E-state index is 0.0127. The number of rotatable bonds is 8. The summed E-state index contributed by atoms with van der Waals surface area (Å²) in [6.45, 7) is 4.72. The standard InChI is InChI=1S/C25H37N5O3/c1-18(2)15-29(21(31)17-28(3)20-13-9-4-5-10-14-20)22-23(26)30(25(33)27-24(22)32)16-19-11-7-6-8-12-19/h6-8,11-12,18,20H,4-5,9-10,13-17,26H2,1-3H3,(H,27,32,33). The maximum Gasteiger partial charge on any atom is 0.330 e. The molecule has 2 aromatic rings. The molecule has 3 N–H and O–H groups in total. The minimum atomic E-state index is -0.632. The van der Waals surface area contributed by atoms with Crippen LogP contribution in [0.25, 0.3) is 0 Å². The normalized spacial score (nSPS) is 15.1. The molecule has 0 spiro atoms. The van der Waals surface area contributed by atoms with Crippen molar-refractivity contribution >= 4 is 17.4 Å². The quantitative estimate of drug-likeness (QED) is 0.596. The molecule has 0 saturated heterocycles. The van der Waals surface area contributed by atoms with Crippen LogP contribution < -0.4 is 21.9 Å². The van der Waals surface area contributed by atoms with Gasteiger partial charge in [0.25, 0.3) is 5.56 Å². The molecule has 0 radical (unpaired) electrons. The van der Waals surface area contributed by atoms with Crippen molar-refractivity contribution in [3.8, 4) is 0 Å². The van der Waals surface area contributed by atoms with Gasteiger partial charge < -0.3 is 10.6 Å². The SMILES string of the molecule is CC(C)CN(C(=O)CN(C)C1CCCCCC1)c1c(N)n(Cc2ccccc2)c(=O)[nH]c1=O. The molecule has 1 aliphatic rings. The van der Waals surface area contributed by atoms with E-state index in [9.17, 15) is 14.4 Å². The van der Waals surface area contributed by atoms with E-state index in [1.165, 1.54) is 35.2 Å². The molecule has 1 heterocycles. The van der Waals surface area contributed by atoms with E-state index in [1.54, 1.807) is 0 Å². The van der Waals surface area contributed by atoms with Crippen molar-refractivity contribution in [1.29, 1.82) is 0 Å². The fraction of sp³-hybridized carbons (Fsp3) is 0.560. The number of nitrogens with two attached hydrogens (primary N) is 1. The Labute approximate surface area is 195 Å². The maximum absolute atomic E-state index is 13.5. The fourth-order valence-electron chi connectivity index (χ4n) is 4.57. The van der Waals surface area contributed by atoms with E-state index in [-0.39, 0.29) is 36.4 Å². The van der Waals surface area contributed by atoms with Gasteiger partial charge in [-0.05, 0) is 31.4 Å². The maximum atomic E-state index is 13.5. The summed E-state index contributed by atoms with van der Waals surface area (Å²) >= 11 is 0. The highest BCUT2D eigenvalue weighted by Crippen LogP contribution is 2.23. The molecule has 1 fully saturated rings. The van der Waals surface area contributed by atoms with Crippen LogP contribution in [0.5, 0.6) is 0 Å². The van der Waals surface area contributed by atoms with Gasteiger partial charge in [-0.2, -0.15) is 0 Å². The van der Waals surface area contributed by atoms with Gasteiger partial charge in [0.1, 0.15) is 5.82 Å². The Balaban J connectivity index is 1.92. The topological polar surface area (TPSA) is 104 Å². The lowest BCUT2D eigenvalue weighted by atomic mass is 10.1. The molecule has 0 atom stereocenters. The van der Waals surface area contributed by atoms with Crippen LogP contribution in [-0.4, -0.2) is 46.5 Å². The van der Waals surface area contributed by atoms with Gasteiger partial charge in [-0.25, -0.2) is 4.79 Å². The highest BCUT2D eigenvalue weighted by Gasteiger charge is 2.27. The molecule has 180 valence electrons. The Morgan fingerprint density at radius 1 is 1.12 bits per heavy atom. The molecule has 0 aliphatic heterocycles. The molecule has 0 unspecified atom stereocenters. The molecule has 33 heavy (non-hydrogen) atoms. The van der Waals surface area contributed by atoms with Gasteiger partial charge in [0.05, 0.1) is 13.1 Å². The van der Waals surface area contributed by atoms with Gasteiger partial charge in [-0.15, -0.1) is 0 Å². The van der Waals surface area contributed by atoms with Crippen LogP contribution >= 0.6 is 0 Å². The van der Waals surface area contributed by atoms with E-state index in [0.717, 1.165) is 18.4 Å². The summed E-state index contributed by atoms with van der Waals surface area (Å²) in [5.41, 5.74) is 6.09. The van der Waals surface area contributed by atoms with Crippen LogP contribution in [-0.2, 0) is 11.3 Å². The smallest absolute Gasteiger partial charge is 0.330 e. The number of nitrogens with zero attached hydrogens (tertiary/aromatic N) is 3. The van der Waals surface area contributed by atoms with Crippen molar-refractivity contribution in [1.82, 2.24) is 14.5 Å². The molecule has 1 aromatic heterocycles. The summed E-state index contributed by atoms with van der Waals surface area (Å²) in [5, 5.41) is 0. The van der Waals surface area contributed by atoms with Crippen LogP contribution in [0.1, 0.15) is 57.9 Å². The highest BCUT2D eigenvalue weighted by molar-refractivity contribution is 5.96. The van der Waals surface area contributed by atoms with E-state index in [1.807, 2.05) is 51.2 Å². The van der Waals surface area contributed by atoms with E-state index in [2.05, 4.69) is 9.88 Å². The number of nitrogens with one attached hydrogen (secondary N) is 1. The van der Waals surface area contributed by atoms with Crippen molar-refractivity contribution in [3.05, 3.63) is 56.7 Å². The van der Waals surface area contributed by atoms with Gasteiger partial charge in [-0.1, -0.05) is 69.9 Å². The highest BCUT2D eigenvalue weighted by atomic mass is 16.2. The van der Waals surface area contributed by atoms with Crippen molar-refractivity contribution in [2.24, 2.45) is 5.92 Å². The lowest BCUT2D eigenvalue weighted by molar-refractivity contribution is -0.120. The number of hydrogen-bond donors (Lipinski definition) is 2. The molecule has 1 aliphatic carbocycles. The van der Waals surface area contributed by atoms with Gasteiger partial charge >= 0.3 is 5.69 Å². The molecular formula is C25H37N5O3. The lowest BCUT2D eigenvalue weighted by Crippen LogP contribution is -2.47. The van der Waals surface area contributed by atoms with Crippen LogP contribution in [0.2, 0.25) is 0 Å². The Morgan fingerprint density at radius 3 is 2.36 bits per heavy atom. The first kappa shape index (κ1) is 24.8. The number of hydrogen-bond acceptors (Lipinski definition) is 5. The van der Waals surface area contributed by atoms with Crippen molar-refractivity contribution in [2.75, 3.05) is 30.8 Å². The number of anilines is 2. The number of likely N-dealkylation sites (N-methyl/N-ethyl adjacent to an activating group) is 1. The average molecular weight is 456 g/mol. The van der Waals surface area contributed by atoms with Crippen molar-refractivity contribution < 1.29 is 4.79 Å². The molecule has 8 heteroatoms. The predicted octanol–water partition coefficient (Wildman–Crippen LogP) is 2.81. The van der Waals surface area contributed by atoms with Crippen LogP contribution in [0.15, 0.2) is 39.9 Å². The van der Waals surface area contributed by atoms with Gasteiger partial charge in [-0.3, -0.25) is 24.0 Å². The fourth-order valence-corrected chi connectivity index (χ4v) is 4.57. The van der Waals surface area contributed by atoms with E-state index < -0.39 is 11.2 Å². The summed E-state index contributed by atoms with van der Waals surface area (Å²) in [7, 11) is 1.98. The molecule has 1 amide bonds. The van der Waals surface area contributed by atoms with Crippen LogP contribution in [0.4, 0.5) is 11.5 Å². The van der Waals surface area contributed by atoms with Gasteiger partial charge in [0.2, 0.25) is 5.91 Å². The van der Waals surface area contributed by atoms with Gasteiger partial charge in [0, 0.05) is 12.6 Å². The summed E-state index contributed by atoms with van der Waals surface area (Å²) in [6, 6.07) is 9.77. The number of nitrogen functional groups attached to an aromatic ring is 1. The summed E-state index contributed by atoms with van der Waals surface area (Å²) < 4.78 is 1.32. The first-order valence-corrected chi connectivity index (χ1v) is 11.9. The Hall–Kier alpha value is -2.87. The number of carbonyl (C=O) groups excluding carboxylic acids is 1.